The van der Waals surface area contributed by atoms with Crippen LogP contribution in [-0.4, -0.2) is 43.9 Å². The van der Waals surface area contributed by atoms with E-state index in [0.717, 1.165) is 49.5 Å². The van der Waals surface area contributed by atoms with Crippen molar-refractivity contribution in [1.82, 2.24) is 24.9 Å². The summed E-state index contributed by atoms with van der Waals surface area (Å²) in [6, 6.07) is 0.346. The predicted molar refractivity (Wildman–Crippen MR) is 89.7 cm³/mol. The lowest BCUT2D eigenvalue weighted by Crippen LogP contribution is -2.39. The van der Waals surface area contributed by atoms with Gasteiger partial charge in [0.15, 0.2) is 0 Å². The maximum absolute atomic E-state index is 12.4. The Kier molecular flexibility index (Phi) is 5.05. The molecule has 2 aromatic heterocycles. The third kappa shape index (κ3) is 3.77. The average molecular weight is 333 g/mol. The standard InChI is InChI=1S/C16H23N5OS/c1-3-4-5-13-10-21(19-18-13)14-6-8-20(9-7-14)16(22)15-11-23-12(2)17-15/h10-11,14H,3-9H2,1-2H3. The highest BCUT2D eigenvalue weighted by Gasteiger charge is 2.26. The molecule has 1 aliphatic heterocycles. The number of hydrogen-bond donors (Lipinski definition) is 0. The van der Waals surface area contributed by atoms with Crippen LogP contribution < -0.4 is 0 Å². The number of piperidine rings is 1. The quantitative estimate of drug-likeness (QED) is 0.844. The summed E-state index contributed by atoms with van der Waals surface area (Å²) in [5, 5.41) is 11.3. The van der Waals surface area contributed by atoms with Gasteiger partial charge in [-0.15, -0.1) is 16.4 Å². The lowest BCUT2D eigenvalue weighted by molar-refractivity contribution is 0.0684. The van der Waals surface area contributed by atoms with Gasteiger partial charge in [-0.3, -0.25) is 4.79 Å². The van der Waals surface area contributed by atoms with Crippen molar-refractivity contribution in [3.63, 3.8) is 0 Å². The van der Waals surface area contributed by atoms with Gasteiger partial charge in [0, 0.05) is 24.7 Å². The third-order valence-corrected chi connectivity index (χ3v) is 5.08. The summed E-state index contributed by atoms with van der Waals surface area (Å²) in [5.74, 6) is 0.0509. The second-order valence-electron chi connectivity index (χ2n) is 6.07. The number of nitrogens with zero attached hydrogens (tertiary/aromatic N) is 5. The molecular formula is C16H23N5OS. The molecule has 1 fully saturated rings. The maximum Gasteiger partial charge on any atom is 0.273 e. The largest absolute Gasteiger partial charge is 0.337 e. The number of aromatic nitrogens is 4. The Bertz CT molecular complexity index is 657. The number of unbranched alkanes of at least 4 members (excludes halogenated alkanes) is 1. The highest BCUT2D eigenvalue weighted by atomic mass is 32.1. The maximum atomic E-state index is 12.4. The molecule has 1 amide bonds. The van der Waals surface area contributed by atoms with Gasteiger partial charge in [-0.2, -0.15) is 0 Å². The lowest BCUT2D eigenvalue weighted by Gasteiger charge is -2.31. The van der Waals surface area contributed by atoms with Crippen LogP contribution in [0.15, 0.2) is 11.6 Å². The zero-order chi connectivity index (χ0) is 16.2. The molecule has 0 bridgehead atoms. The summed E-state index contributed by atoms with van der Waals surface area (Å²) in [7, 11) is 0. The summed E-state index contributed by atoms with van der Waals surface area (Å²) in [6.07, 6.45) is 7.23. The first-order valence-electron chi connectivity index (χ1n) is 8.29. The van der Waals surface area contributed by atoms with E-state index in [1.807, 2.05) is 21.9 Å². The predicted octanol–water partition coefficient (Wildman–Crippen LogP) is 2.86. The monoisotopic (exact) mass is 333 g/mol. The van der Waals surface area contributed by atoms with Crippen molar-refractivity contribution in [2.24, 2.45) is 0 Å². The van der Waals surface area contributed by atoms with Crippen molar-refractivity contribution >= 4 is 17.2 Å². The minimum absolute atomic E-state index is 0.0509. The summed E-state index contributed by atoms with van der Waals surface area (Å²) >= 11 is 1.52. The molecule has 0 unspecified atom stereocenters. The smallest absolute Gasteiger partial charge is 0.273 e. The van der Waals surface area contributed by atoms with Gasteiger partial charge in [0.2, 0.25) is 0 Å². The fourth-order valence-electron chi connectivity index (χ4n) is 2.92. The number of rotatable bonds is 5. The van der Waals surface area contributed by atoms with Crippen molar-refractivity contribution in [3.05, 3.63) is 28.0 Å². The summed E-state index contributed by atoms with van der Waals surface area (Å²) in [5.41, 5.74) is 1.65. The van der Waals surface area contributed by atoms with E-state index in [0.29, 0.717) is 11.7 Å². The van der Waals surface area contributed by atoms with Crippen molar-refractivity contribution in [1.29, 1.82) is 0 Å². The van der Waals surface area contributed by atoms with Gasteiger partial charge in [0.05, 0.1) is 16.7 Å². The number of likely N-dealkylation sites (tertiary alicyclic amines) is 1. The Hall–Kier alpha value is -1.76. The van der Waals surface area contributed by atoms with Crippen LogP contribution in [0.2, 0.25) is 0 Å². The Balaban J connectivity index is 1.55. The molecule has 1 saturated heterocycles. The number of amides is 1. The van der Waals surface area contributed by atoms with Crippen LogP contribution in [0.5, 0.6) is 0 Å². The fraction of sp³-hybridized carbons (Fsp3) is 0.625. The normalized spacial score (nSPS) is 16.0. The van der Waals surface area contributed by atoms with Crippen molar-refractivity contribution in [2.75, 3.05) is 13.1 Å². The third-order valence-electron chi connectivity index (χ3n) is 4.31. The van der Waals surface area contributed by atoms with E-state index < -0.39 is 0 Å². The Morgan fingerprint density at radius 1 is 1.39 bits per heavy atom. The first kappa shape index (κ1) is 16.1. The summed E-state index contributed by atoms with van der Waals surface area (Å²) in [6.45, 7) is 5.62. The molecule has 7 heteroatoms. The Labute approximate surface area is 140 Å². The SMILES string of the molecule is CCCCc1cn(C2CCN(C(=O)c3csc(C)n3)CC2)nn1. The fourth-order valence-corrected chi connectivity index (χ4v) is 3.51. The molecule has 2 aromatic rings. The molecule has 0 spiro atoms. The molecule has 23 heavy (non-hydrogen) atoms. The summed E-state index contributed by atoms with van der Waals surface area (Å²) < 4.78 is 1.99. The number of carbonyl (C=O) groups is 1. The Morgan fingerprint density at radius 2 is 2.17 bits per heavy atom. The lowest BCUT2D eigenvalue weighted by atomic mass is 10.0. The first-order chi connectivity index (χ1) is 11.2. The van der Waals surface area contributed by atoms with Gasteiger partial charge in [-0.25, -0.2) is 9.67 Å². The van der Waals surface area contributed by atoms with Crippen LogP contribution >= 0.6 is 11.3 Å². The van der Waals surface area contributed by atoms with Crippen molar-refractivity contribution in [3.8, 4) is 0 Å². The number of carbonyl (C=O) groups excluding carboxylic acids is 1. The molecule has 124 valence electrons. The number of aryl methyl sites for hydroxylation is 2. The molecule has 0 saturated carbocycles. The van der Waals surface area contributed by atoms with Gasteiger partial charge in [0.25, 0.3) is 5.91 Å². The van der Waals surface area contributed by atoms with Crippen LogP contribution in [-0.2, 0) is 6.42 Å². The molecule has 0 aromatic carbocycles. The van der Waals surface area contributed by atoms with Crippen molar-refractivity contribution in [2.45, 2.75) is 52.0 Å². The molecule has 3 heterocycles. The first-order valence-corrected chi connectivity index (χ1v) is 9.17. The van der Waals surface area contributed by atoms with E-state index in [9.17, 15) is 4.79 Å². The zero-order valence-corrected chi connectivity index (χ0v) is 14.6. The van der Waals surface area contributed by atoms with Gasteiger partial charge in [-0.1, -0.05) is 18.6 Å². The van der Waals surface area contributed by atoms with E-state index in [1.54, 1.807) is 0 Å². The Morgan fingerprint density at radius 3 is 2.83 bits per heavy atom. The van der Waals surface area contributed by atoms with Crippen LogP contribution in [0.1, 0.15) is 59.8 Å². The number of thiazole rings is 1. The minimum atomic E-state index is 0.0509. The number of hydrogen-bond acceptors (Lipinski definition) is 5. The van der Waals surface area contributed by atoms with Crippen LogP contribution in [0.25, 0.3) is 0 Å². The molecule has 0 atom stereocenters. The van der Waals surface area contributed by atoms with Gasteiger partial charge < -0.3 is 4.90 Å². The van der Waals surface area contributed by atoms with Crippen LogP contribution in [0.4, 0.5) is 0 Å². The average Bonchev–Trinajstić information content (AvgIpc) is 3.21. The highest BCUT2D eigenvalue weighted by Crippen LogP contribution is 2.23. The zero-order valence-electron chi connectivity index (χ0n) is 13.7. The molecule has 0 aliphatic carbocycles. The van der Waals surface area contributed by atoms with Gasteiger partial charge in [-0.05, 0) is 32.6 Å². The van der Waals surface area contributed by atoms with Gasteiger partial charge >= 0.3 is 0 Å². The molecule has 0 N–H and O–H groups in total. The van der Waals surface area contributed by atoms with E-state index in [2.05, 4.69) is 28.4 Å². The topological polar surface area (TPSA) is 63.9 Å². The van der Waals surface area contributed by atoms with Crippen molar-refractivity contribution < 1.29 is 4.79 Å². The molecule has 0 radical (unpaired) electrons. The van der Waals surface area contributed by atoms with E-state index >= 15 is 0 Å². The van der Waals surface area contributed by atoms with E-state index in [-0.39, 0.29) is 5.91 Å². The highest BCUT2D eigenvalue weighted by molar-refractivity contribution is 7.09. The van der Waals surface area contributed by atoms with E-state index in [1.165, 1.54) is 17.8 Å². The van der Waals surface area contributed by atoms with Crippen LogP contribution in [0.3, 0.4) is 0 Å². The second-order valence-corrected chi connectivity index (χ2v) is 7.13. The van der Waals surface area contributed by atoms with Crippen LogP contribution in [0, 0.1) is 6.92 Å². The molecule has 6 nitrogen and oxygen atoms in total. The molecule has 3 rings (SSSR count). The molecular weight excluding hydrogens is 310 g/mol. The van der Waals surface area contributed by atoms with E-state index in [4.69, 9.17) is 0 Å². The summed E-state index contributed by atoms with van der Waals surface area (Å²) in [4.78, 5) is 18.6. The minimum Gasteiger partial charge on any atom is -0.337 e. The second kappa shape index (κ2) is 7.21. The van der Waals surface area contributed by atoms with Gasteiger partial charge in [0.1, 0.15) is 5.69 Å². The molecule has 1 aliphatic rings.